The van der Waals surface area contributed by atoms with Gasteiger partial charge < -0.3 is 25.3 Å². The topological polar surface area (TPSA) is 104 Å². The maximum atomic E-state index is 11.2. The molecule has 0 spiro atoms. The van der Waals surface area contributed by atoms with E-state index in [4.69, 9.17) is 10.5 Å². The number of nitrogens with zero attached hydrogens (tertiary/aromatic N) is 5. The Kier molecular flexibility index (Phi) is 7.62. The zero-order valence-corrected chi connectivity index (χ0v) is 21.1. The number of imidazole rings is 1. The van der Waals surface area contributed by atoms with Gasteiger partial charge in [-0.1, -0.05) is 36.4 Å². The van der Waals surface area contributed by atoms with Crippen LogP contribution in [0.4, 0.5) is 10.6 Å². The van der Waals surface area contributed by atoms with Crippen molar-refractivity contribution in [3.8, 4) is 17.1 Å². The number of hydrogen-bond acceptors (Lipinski definition) is 7. The molecule has 0 atom stereocenters. The van der Waals surface area contributed by atoms with Gasteiger partial charge in [0.2, 0.25) is 0 Å². The average Bonchev–Trinajstić information content (AvgIpc) is 3.36. The molecule has 0 radical (unpaired) electrons. The Balaban J connectivity index is 1.10. The number of carbonyl (C=O) groups is 1. The van der Waals surface area contributed by atoms with Crippen LogP contribution in [0, 0.1) is 0 Å². The third-order valence-electron chi connectivity index (χ3n) is 6.78. The summed E-state index contributed by atoms with van der Waals surface area (Å²) in [6.45, 7) is 7.54. The molecule has 0 bridgehead atoms. The van der Waals surface area contributed by atoms with Gasteiger partial charge in [-0.25, -0.2) is 14.8 Å². The Morgan fingerprint density at radius 2 is 1.81 bits per heavy atom. The Hall–Kier alpha value is -3.95. The molecule has 37 heavy (non-hydrogen) atoms. The van der Waals surface area contributed by atoms with Gasteiger partial charge in [-0.2, -0.15) is 0 Å². The number of fused-ring (bicyclic) bond motifs is 1. The number of nitrogens with two attached hydrogens (primary N) is 1. The zero-order chi connectivity index (χ0) is 25.6. The fourth-order valence-electron chi connectivity index (χ4n) is 4.74. The number of aromatic nitrogens is 3. The van der Waals surface area contributed by atoms with Crippen LogP contribution >= 0.6 is 0 Å². The summed E-state index contributed by atoms with van der Waals surface area (Å²) >= 11 is 0. The van der Waals surface area contributed by atoms with Crippen LogP contribution < -0.4 is 15.4 Å². The van der Waals surface area contributed by atoms with Crippen molar-refractivity contribution in [1.82, 2.24) is 24.8 Å². The molecule has 1 fully saturated rings. The quantitative estimate of drug-likeness (QED) is 0.362. The van der Waals surface area contributed by atoms with Gasteiger partial charge in [0.15, 0.2) is 5.75 Å². The van der Waals surface area contributed by atoms with Crippen molar-refractivity contribution in [2.75, 3.05) is 51.2 Å². The van der Waals surface area contributed by atoms with Crippen molar-refractivity contribution < 1.29 is 9.53 Å². The van der Waals surface area contributed by atoms with E-state index in [1.54, 1.807) is 12.1 Å². The maximum Gasteiger partial charge on any atom is 0.410 e. The van der Waals surface area contributed by atoms with Gasteiger partial charge >= 0.3 is 6.09 Å². The van der Waals surface area contributed by atoms with Crippen molar-refractivity contribution in [1.29, 1.82) is 0 Å². The largest absolute Gasteiger partial charge is 0.410 e. The van der Waals surface area contributed by atoms with Crippen LogP contribution in [0.15, 0.2) is 66.9 Å². The van der Waals surface area contributed by atoms with Crippen molar-refractivity contribution in [3.63, 3.8) is 0 Å². The molecule has 1 amide bonds. The molecule has 1 saturated heterocycles. The zero-order valence-electron chi connectivity index (χ0n) is 21.1. The lowest BCUT2D eigenvalue weighted by Gasteiger charge is -2.35. The van der Waals surface area contributed by atoms with Crippen molar-refractivity contribution in [2.45, 2.75) is 13.0 Å². The van der Waals surface area contributed by atoms with E-state index in [9.17, 15) is 4.79 Å². The standard InChI is InChI=1S/C28H33N7O2/c1-33(13-6-14-34-15-17-35(18-16-34)20-21-7-3-2-4-8-21)25-12-11-22(19-30-25)27-31-23-9-5-10-24(26(23)32-27)37-28(29)36/h2-5,7-12,19H,6,13-18,20H2,1H3,(H2,29,36)(H,31,32). The lowest BCUT2D eigenvalue weighted by molar-refractivity contribution is 0.126. The minimum absolute atomic E-state index is 0.328. The number of amides is 1. The first kappa shape index (κ1) is 24.7. The van der Waals surface area contributed by atoms with E-state index >= 15 is 0 Å². The predicted octanol–water partition coefficient (Wildman–Crippen LogP) is 3.73. The molecule has 3 N–H and O–H groups in total. The highest BCUT2D eigenvalue weighted by atomic mass is 16.5. The number of benzene rings is 2. The number of primary amides is 1. The molecule has 9 nitrogen and oxygen atoms in total. The first-order valence-corrected chi connectivity index (χ1v) is 12.7. The first-order valence-electron chi connectivity index (χ1n) is 12.7. The number of rotatable bonds is 9. The summed E-state index contributed by atoms with van der Waals surface area (Å²) in [5.74, 6) is 1.91. The summed E-state index contributed by atoms with van der Waals surface area (Å²) in [7, 11) is 2.08. The van der Waals surface area contributed by atoms with E-state index in [1.165, 1.54) is 5.56 Å². The Morgan fingerprint density at radius 1 is 1.03 bits per heavy atom. The molecule has 9 heteroatoms. The van der Waals surface area contributed by atoms with E-state index in [1.807, 2.05) is 24.4 Å². The van der Waals surface area contributed by atoms with Gasteiger partial charge in [-0.15, -0.1) is 0 Å². The SMILES string of the molecule is CN(CCCN1CCN(Cc2ccccc2)CC1)c1ccc(-c2nc3c(OC(N)=O)cccc3[nH]2)cn1. The van der Waals surface area contributed by atoms with E-state index in [0.29, 0.717) is 17.1 Å². The van der Waals surface area contributed by atoms with Crippen molar-refractivity contribution in [3.05, 3.63) is 72.4 Å². The van der Waals surface area contributed by atoms with E-state index < -0.39 is 6.09 Å². The van der Waals surface area contributed by atoms with Gasteiger partial charge in [0, 0.05) is 58.1 Å². The third-order valence-corrected chi connectivity index (χ3v) is 6.78. The third kappa shape index (κ3) is 6.25. The molecule has 5 rings (SSSR count). The van der Waals surface area contributed by atoms with Crippen molar-refractivity contribution in [2.24, 2.45) is 5.73 Å². The molecule has 0 saturated carbocycles. The number of carbonyl (C=O) groups excluding carboxylic acids is 1. The van der Waals surface area contributed by atoms with Crippen molar-refractivity contribution >= 4 is 22.9 Å². The molecular formula is C28H33N7O2. The van der Waals surface area contributed by atoms with Crippen LogP contribution in [0.5, 0.6) is 5.75 Å². The molecule has 2 aromatic heterocycles. The van der Waals surface area contributed by atoms with Gasteiger partial charge in [0.25, 0.3) is 0 Å². The van der Waals surface area contributed by atoms with E-state index in [2.05, 4.69) is 67.0 Å². The summed E-state index contributed by atoms with van der Waals surface area (Å²) < 4.78 is 5.07. The number of pyridine rings is 1. The van der Waals surface area contributed by atoms with Gasteiger partial charge in [0.05, 0.1) is 5.52 Å². The van der Waals surface area contributed by atoms with Gasteiger partial charge in [-0.3, -0.25) is 4.90 Å². The summed E-state index contributed by atoms with van der Waals surface area (Å²) in [5.41, 5.74) is 8.72. The van der Waals surface area contributed by atoms with Crippen LogP contribution in [0.2, 0.25) is 0 Å². The van der Waals surface area contributed by atoms with E-state index in [0.717, 1.165) is 69.1 Å². The van der Waals surface area contributed by atoms with Gasteiger partial charge in [-0.05, 0) is 42.8 Å². The maximum absolute atomic E-state index is 11.2. The fourth-order valence-corrected chi connectivity index (χ4v) is 4.74. The summed E-state index contributed by atoms with van der Waals surface area (Å²) in [6.07, 6.45) is 2.03. The smallest absolute Gasteiger partial charge is 0.408 e. The minimum Gasteiger partial charge on any atom is -0.408 e. The first-order chi connectivity index (χ1) is 18.0. The minimum atomic E-state index is -0.864. The molecule has 4 aromatic rings. The number of hydrogen-bond donors (Lipinski definition) is 2. The number of ether oxygens (including phenoxy) is 1. The monoisotopic (exact) mass is 499 g/mol. The number of anilines is 1. The number of nitrogens with one attached hydrogen (secondary N) is 1. The Labute approximate surface area is 216 Å². The fraction of sp³-hybridized carbons (Fsp3) is 0.321. The van der Waals surface area contributed by atoms with E-state index in [-0.39, 0.29) is 0 Å². The lowest BCUT2D eigenvalue weighted by atomic mass is 10.2. The number of para-hydroxylation sites is 1. The molecule has 3 heterocycles. The Morgan fingerprint density at radius 3 is 2.54 bits per heavy atom. The molecule has 0 unspecified atom stereocenters. The normalized spacial score (nSPS) is 14.6. The summed E-state index contributed by atoms with van der Waals surface area (Å²) in [4.78, 5) is 31.0. The second-order valence-electron chi connectivity index (χ2n) is 9.44. The van der Waals surface area contributed by atoms with Crippen LogP contribution in [-0.4, -0.2) is 77.2 Å². The van der Waals surface area contributed by atoms with Crippen LogP contribution in [-0.2, 0) is 6.54 Å². The lowest BCUT2D eigenvalue weighted by Crippen LogP contribution is -2.46. The second kappa shape index (κ2) is 11.4. The highest BCUT2D eigenvalue weighted by molar-refractivity contribution is 5.87. The second-order valence-corrected chi connectivity index (χ2v) is 9.44. The van der Waals surface area contributed by atoms with Crippen LogP contribution in [0.25, 0.3) is 22.4 Å². The van der Waals surface area contributed by atoms with Crippen LogP contribution in [0.3, 0.4) is 0 Å². The predicted molar refractivity (Wildman–Crippen MR) is 146 cm³/mol. The number of aromatic amines is 1. The van der Waals surface area contributed by atoms with Crippen LogP contribution in [0.1, 0.15) is 12.0 Å². The van der Waals surface area contributed by atoms with Gasteiger partial charge in [0.1, 0.15) is 17.2 Å². The molecule has 2 aromatic carbocycles. The molecular weight excluding hydrogens is 466 g/mol. The summed E-state index contributed by atoms with van der Waals surface area (Å²) in [6, 6.07) is 20.0. The highest BCUT2D eigenvalue weighted by Crippen LogP contribution is 2.27. The summed E-state index contributed by atoms with van der Waals surface area (Å²) in [5, 5.41) is 0. The number of piperazine rings is 1. The number of H-pyrrole nitrogens is 1. The molecule has 1 aliphatic heterocycles. The molecule has 1 aliphatic rings. The Bertz CT molecular complexity index is 1320. The molecule has 0 aliphatic carbocycles. The molecule has 192 valence electrons. The average molecular weight is 500 g/mol. The highest BCUT2D eigenvalue weighted by Gasteiger charge is 2.17.